The van der Waals surface area contributed by atoms with Crippen LogP contribution in [0.1, 0.15) is 11.4 Å². The smallest absolute Gasteiger partial charge is 0.227 e. The summed E-state index contributed by atoms with van der Waals surface area (Å²) >= 11 is 0. The summed E-state index contributed by atoms with van der Waals surface area (Å²) in [5.74, 6) is 0. The highest BCUT2D eigenvalue weighted by Crippen LogP contribution is 2.12. The molecule has 0 aliphatic heterocycles. The van der Waals surface area contributed by atoms with E-state index < -0.39 is 9.84 Å². The molecule has 0 unspecified atom stereocenters. The van der Waals surface area contributed by atoms with Crippen LogP contribution in [0.15, 0.2) is 5.16 Å². The Morgan fingerprint density at radius 3 is 2.00 bits per heavy atom. The Morgan fingerprint density at radius 1 is 1.33 bits per heavy atom. The molecule has 68 valence electrons. The molecule has 0 bridgehead atoms. The van der Waals surface area contributed by atoms with Crippen LogP contribution in [0.25, 0.3) is 0 Å². The molecule has 0 aromatic carbocycles. The summed E-state index contributed by atoms with van der Waals surface area (Å²) in [5.41, 5.74) is 1.65. The predicted molar refractivity (Wildman–Crippen MR) is 45.8 cm³/mol. The summed E-state index contributed by atoms with van der Waals surface area (Å²) < 4.78 is 23.9. The summed E-state index contributed by atoms with van der Waals surface area (Å²) in [6.45, 7) is 3.64. The zero-order valence-electron chi connectivity index (χ0n) is 7.62. The largest absolute Gasteiger partial charge is 0.322 e. The molecule has 0 saturated carbocycles. The lowest BCUT2D eigenvalue weighted by Gasteiger charge is -1.98. The molecule has 0 aliphatic carbocycles. The first kappa shape index (κ1) is 9.25. The third-order valence-electron chi connectivity index (χ3n) is 1.91. The van der Waals surface area contributed by atoms with Gasteiger partial charge in [0.15, 0.2) is 0 Å². The van der Waals surface area contributed by atoms with Gasteiger partial charge in [-0.25, -0.2) is 13.4 Å². The van der Waals surface area contributed by atoms with Gasteiger partial charge in [-0.3, -0.25) is 0 Å². The van der Waals surface area contributed by atoms with E-state index in [0.717, 1.165) is 17.6 Å². The summed E-state index contributed by atoms with van der Waals surface area (Å²) in [7, 11) is -1.48. The number of imidazole rings is 1. The van der Waals surface area contributed by atoms with Crippen LogP contribution in [-0.4, -0.2) is 24.2 Å². The fourth-order valence-electron chi connectivity index (χ4n) is 1.02. The Kier molecular flexibility index (Phi) is 1.99. The highest BCUT2D eigenvalue weighted by atomic mass is 32.2. The van der Waals surface area contributed by atoms with Gasteiger partial charge in [0.1, 0.15) is 0 Å². The van der Waals surface area contributed by atoms with Gasteiger partial charge in [0, 0.05) is 19.0 Å². The lowest BCUT2D eigenvalue weighted by atomic mass is 10.4. The second-order valence-corrected chi connectivity index (χ2v) is 4.81. The van der Waals surface area contributed by atoms with E-state index >= 15 is 0 Å². The van der Waals surface area contributed by atoms with E-state index in [4.69, 9.17) is 0 Å². The first-order valence-corrected chi connectivity index (χ1v) is 5.43. The normalized spacial score (nSPS) is 12.0. The Balaban J connectivity index is 3.48. The van der Waals surface area contributed by atoms with Crippen molar-refractivity contribution in [1.82, 2.24) is 9.55 Å². The number of aryl methyl sites for hydroxylation is 1. The number of sulfone groups is 1. The zero-order valence-corrected chi connectivity index (χ0v) is 8.44. The van der Waals surface area contributed by atoms with E-state index in [1.165, 1.54) is 0 Å². The molecule has 12 heavy (non-hydrogen) atoms. The molecule has 0 saturated heterocycles. The fraction of sp³-hybridized carbons (Fsp3) is 0.571. The lowest BCUT2D eigenvalue weighted by molar-refractivity contribution is 0.583. The topological polar surface area (TPSA) is 52.0 Å². The van der Waals surface area contributed by atoms with E-state index in [-0.39, 0.29) is 5.16 Å². The van der Waals surface area contributed by atoms with Gasteiger partial charge in [-0.05, 0) is 13.8 Å². The average Bonchev–Trinajstić information content (AvgIpc) is 2.15. The Hall–Kier alpha value is -0.840. The maximum Gasteiger partial charge on any atom is 0.227 e. The third kappa shape index (κ3) is 1.36. The van der Waals surface area contributed by atoms with Gasteiger partial charge in [-0.15, -0.1) is 0 Å². The molecule has 1 aromatic rings. The van der Waals surface area contributed by atoms with Crippen LogP contribution in [0.3, 0.4) is 0 Å². The fourth-order valence-corrected chi connectivity index (χ4v) is 1.95. The van der Waals surface area contributed by atoms with Crippen LogP contribution < -0.4 is 0 Å². The first-order chi connectivity index (χ1) is 5.34. The van der Waals surface area contributed by atoms with Crippen molar-refractivity contribution < 1.29 is 8.42 Å². The second-order valence-electron chi connectivity index (χ2n) is 2.90. The monoisotopic (exact) mass is 188 g/mol. The van der Waals surface area contributed by atoms with Crippen molar-refractivity contribution in [2.75, 3.05) is 6.26 Å². The summed E-state index contributed by atoms with van der Waals surface area (Å²) in [4.78, 5) is 3.96. The summed E-state index contributed by atoms with van der Waals surface area (Å²) in [6, 6.07) is 0. The van der Waals surface area contributed by atoms with Gasteiger partial charge in [0.2, 0.25) is 15.0 Å². The Morgan fingerprint density at radius 2 is 1.83 bits per heavy atom. The van der Waals surface area contributed by atoms with E-state index in [9.17, 15) is 8.42 Å². The molecule has 0 aliphatic rings. The molecule has 1 rings (SSSR count). The van der Waals surface area contributed by atoms with Gasteiger partial charge >= 0.3 is 0 Å². The molecular weight excluding hydrogens is 176 g/mol. The van der Waals surface area contributed by atoms with Gasteiger partial charge in [-0.2, -0.15) is 0 Å². The van der Waals surface area contributed by atoms with Crippen LogP contribution >= 0.6 is 0 Å². The molecule has 0 fully saturated rings. The van der Waals surface area contributed by atoms with Crippen LogP contribution in [0.5, 0.6) is 0 Å². The van der Waals surface area contributed by atoms with E-state index in [0.29, 0.717) is 0 Å². The number of hydrogen-bond donors (Lipinski definition) is 0. The van der Waals surface area contributed by atoms with Crippen molar-refractivity contribution in [2.24, 2.45) is 7.05 Å². The number of hydrogen-bond acceptors (Lipinski definition) is 3. The van der Waals surface area contributed by atoms with Gasteiger partial charge in [0.05, 0.1) is 5.69 Å². The molecule has 4 nitrogen and oxygen atoms in total. The number of rotatable bonds is 1. The summed E-state index contributed by atoms with van der Waals surface area (Å²) in [6.07, 6.45) is 1.16. The molecule has 1 aromatic heterocycles. The molecule has 0 amide bonds. The maximum atomic E-state index is 11.1. The van der Waals surface area contributed by atoms with Crippen molar-refractivity contribution in [2.45, 2.75) is 19.0 Å². The minimum atomic E-state index is -3.18. The van der Waals surface area contributed by atoms with Crippen LogP contribution in [-0.2, 0) is 16.9 Å². The van der Waals surface area contributed by atoms with Gasteiger partial charge < -0.3 is 4.57 Å². The van der Waals surface area contributed by atoms with Crippen LogP contribution in [0, 0.1) is 13.8 Å². The third-order valence-corrected chi connectivity index (χ3v) is 2.94. The lowest BCUT2D eigenvalue weighted by Crippen LogP contribution is -2.06. The van der Waals surface area contributed by atoms with Gasteiger partial charge in [0.25, 0.3) is 0 Å². The van der Waals surface area contributed by atoms with Gasteiger partial charge in [-0.1, -0.05) is 0 Å². The Labute approximate surface area is 72.2 Å². The minimum absolute atomic E-state index is 0.137. The van der Waals surface area contributed by atoms with Crippen molar-refractivity contribution in [3.8, 4) is 0 Å². The van der Waals surface area contributed by atoms with E-state index in [1.54, 1.807) is 18.5 Å². The van der Waals surface area contributed by atoms with E-state index in [1.807, 2.05) is 6.92 Å². The predicted octanol–water partition coefficient (Wildman–Crippen LogP) is 0.440. The summed E-state index contributed by atoms with van der Waals surface area (Å²) in [5, 5.41) is 0.137. The quantitative estimate of drug-likeness (QED) is 0.642. The molecule has 0 radical (unpaired) electrons. The standard InChI is InChI=1S/C7H12N2O2S/c1-5-6(2)9(3)7(8-5)12(4,10)11/h1-4H3. The molecule has 0 N–H and O–H groups in total. The number of nitrogens with zero attached hydrogens (tertiary/aromatic N) is 2. The number of aromatic nitrogens is 2. The van der Waals surface area contributed by atoms with E-state index in [2.05, 4.69) is 4.98 Å². The zero-order chi connectivity index (χ0) is 9.52. The minimum Gasteiger partial charge on any atom is -0.322 e. The highest BCUT2D eigenvalue weighted by molar-refractivity contribution is 7.90. The Bertz CT molecular complexity index is 403. The van der Waals surface area contributed by atoms with Crippen LogP contribution in [0.4, 0.5) is 0 Å². The van der Waals surface area contributed by atoms with Crippen molar-refractivity contribution in [3.63, 3.8) is 0 Å². The molecule has 0 atom stereocenters. The molecular formula is C7H12N2O2S. The van der Waals surface area contributed by atoms with Crippen molar-refractivity contribution in [1.29, 1.82) is 0 Å². The second kappa shape index (κ2) is 2.58. The average molecular weight is 188 g/mol. The highest BCUT2D eigenvalue weighted by Gasteiger charge is 2.16. The van der Waals surface area contributed by atoms with Crippen molar-refractivity contribution >= 4 is 9.84 Å². The maximum absolute atomic E-state index is 11.1. The SMILES string of the molecule is Cc1nc(S(C)(=O)=O)n(C)c1C. The van der Waals surface area contributed by atoms with Crippen molar-refractivity contribution in [3.05, 3.63) is 11.4 Å². The molecule has 0 spiro atoms. The molecule has 1 heterocycles. The van der Waals surface area contributed by atoms with Crippen LogP contribution in [0.2, 0.25) is 0 Å². The molecule has 5 heteroatoms. The first-order valence-electron chi connectivity index (χ1n) is 3.54.